The van der Waals surface area contributed by atoms with Crippen LogP contribution in [0.25, 0.3) is 10.8 Å². The van der Waals surface area contributed by atoms with Gasteiger partial charge in [0.05, 0.1) is 0 Å². The lowest BCUT2D eigenvalue weighted by Crippen LogP contribution is -1.98. The minimum atomic E-state index is 1.03. The molecule has 1 nitrogen and oxygen atoms in total. The van der Waals surface area contributed by atoms with Crippen LogP contribution in [0.1, 0.15) is 42.8 Å². The summed E-state index contributed by atoms with van der Waals surface area (Å²) >= 11 is 0. The zero-order valence-corrected chi connectivity index (χ0v) is 10.7. The zero-order valence-electron chi connectivity index (χ0n) is 10.7. The van der Waals surface area contributed by atoms with Crippen molar-refractivity contribution in [3.63, 3.8) is 0 Å². The number of pyridine rings is 1. The van der Waals surface area contributed by atoms with Gasteiger partial charge in [-0.3, -0.25) is 4.98 Å². The second-order valence-corrected chi connectivity index (χ2v) is 4.92. The van der Waals surface area contributed by atoms with Gasteiger partial charge in [0, 0.05) is 16.8 Å². The number of fused-ring (bicyclic) bond motifs is 3. The average Bonchev–Trinajstić information content (AvgIpc) is 2.85. The van der Waals surface area contributed by atoms with Crippen LogP contribution in [-0.2, 0) is 25.7 Å². The van der Waals surface area contributed by atoms with Gasteiger partial charge in [-0.25, -0.2) is 0 Å². The van der Waals surface area contributed by atoms with Gasteiger partial charge in [0.1, 0.15) is 0 Å². The second kappa shape index (κ2) is 4.14. The summed E-state index contributed by atoms with van der Waals surface area (Å²) in [6.07, 6.45) is 5.88. The summed E-state index contributed by atoms with van der Waals surface area (Å²) in [7, 11) is 0. The monoisotopic (exact) mass is 225 g/mol. The molecular formula is C16H19N. The molecule has 0 radical (unpaired) electrons. The van der Waals surface area contributed by atoms with Gasteiger partial charge in [-0.05, 0) is 54.7 Å². The highest BCUT2D eigenvalue weighted by Gasteiger charge is 2.16. The van der Waals surface area contributed by atoms with Gasteiger partial charge in [-0.1, -0.05) is 26.0 Å². The van der Waals surface area contributed by atoms with E-state index in [4.69, 9.17) is 4.98 Å². The summed E-state index contributed by atoms with van der Waals surface area (Å²) in [6.45, 7) is 4.40. The SMILES string of the molecule is CCc1cc2ccc3c(c2c(CC)n1)CCC3. The second-order valence-electron chi connectivity index (χ2n) is 4.92. The Morgan fingerprint density at radius 3 is 2.76 bits per heavy atom. The van der Waals surface area contributed by atoms with Crippen molar-refractivity contribution in [3.8, 4) is 0 Å². The molecule has 3 rings (SSSR count). The van der Waals surface area contributed by atoms with Crippen molar-refractivity contribution >= 4 is 10.8 Å². The Morgan fingerprint density at radius 1 is 1.12 bits per heavy atom. The number of hydrogen-bond acceptors (Lipinski definition) is 1. The van der Waals surface area contributed by atoms with Gasteiger partial charge in [0.2, 0.25) is 0 Å². The van der Waals surface area contributed by atoms with Crippen LogP contribution in [-0.4, -0.2) is 4.98 Å². The normalized spacial score (nSPS) is 14.2. The molecule has 0 spiro atoms. The lowest BCUT2D eigenvalue weighted by molar-refractivity contribution is 0.911. The maximum Gasteiger partial charge on any atom is 0.0485 e. The average molecular weight is 225 g/mol. The molecule has 0 amide bonds. The summed E-state index contributed by atoms with van der Waals surface area (Å²) in [5.74, 6) is 0. The molecule has 0 aliphatic heterocycles. The van der Waals surface area contributed by atoms with Crippen LogP contribution in [0.2, 0.25) is 0 Å². The first kappa shape index (κ1) is 10.8. The Kier molecular flexibility index (Phi) is 2.62. The molecule has 2 aromatic rings. The third-order valence-corrected chi connectivity index (χ3v) is 3.90. The molecule has 0 atom stereocenters. The van der Waals surface area contributed by atoms with Crippen molar-refractivity contribution in [2.75, 3.05) is 0 Å². The van der Waals surface area contributed by atoms with Crippen LogP contribution in [0.3, 0.4) is 0 Å². The quantitative estimate of drug-likeness (QED) is 0.756. The van der Waals surface area contributed by atoms with E-state index in [0.717, 1.165) is 12.8 Å². The van der Waals surface area contributed by atoms with Gasteiger partial charge < -0.3 is 0 Å². The summed E-state index contributed by atoms with van der Waals surface area (Å²) in [5, 5.41) is 2.86. The van der Waals surface area contributed by atoms with E-state index in [-0.39, 0.29) is 0 Å². The first-order chi connectivity index (χ1) is 8.33. The topological polar surface area (TPSA) is 12.9 Å². The molecule has 0 fully saturated rings. The lowest BCUT2D eigenvalue weighted by Gasteiger charge is -2.11. The minimum absolute atomic E-state index is 1.03. The standard InChI is InChI=1S/C16H19N/c1-3-13-10-12-9-8-11-6-5-7-14(11)16(12)15(4-2)17-13/h8-10H,3-7H2,1-2H3. The molecule has 17 heavy (non-hydrogen) atoms. The van der Waals surface area contributed by atoms with Gasteiger partial charge in [0.15, 0.2) is 0 Å². The molecule has 0 N–H and O–H groups in total. The van der Waals surface area contributed by atoms with E-state index in [9.17, 15) is 0 Å². The van der Waals surface area contributed by atoms with Crippen molar-refractivity contribution in [1.29, 1.82) is 0 Å². The Balaban J connectivity index is 2.35. The van der Waals surface area contributed by atoms with Crippen molar-refractivity contribution in [2.24, 2.45) is 0 Å². The van der Waals surface area contributed by atoms with E-state index in [2.05, 4.69) is 32.0 Å². The van der Waals surface area contributed by atoms with E-state index in [1.807, 2.05) is 0 Å². The first-order valence-corrected chi connectivity index (χ1v) is 6.76. The molecule has 0 saturated carbocycles. The molecule has 0 unspecified atom stereocenters. The van der Waals surface area contributed by atoms with E-state index in [1.54, 1.807) is 11.1 Å². The van der Waals surface area contributed by atoms with Crippen molar-refractivity contribution < 1.29 is 0 Å². The maximum atomic E-state index is 4.82. The van der Waals surface area contributed by atoms with Crippen LogP contribution in [0.4, 0.5) is 0 Å². The third kappa shape index (κ3) is 1.65. The number of rotatable bonds is 2. The molecule has 88 valence electrons. The molecule has 1 heteroatoms. The fourth-order valence-electron chi connectivity index (χ4n) is 3.02. The van der Waals surface area contributed by atoms with Crippen molar-refractivity contribution in [2.45, 2.75) is 46.0 Å². The van der Waals surface area contributed by atoms with E-state index >= 15 is 0 Å². The van der Waals surface area contributed by atoms with E-state index in [0.29, 0.717) is 0 Å². The molecule has 1 aliphatic rings. The number of aryl methyl sites for hydroxylation is 4. The van der Waals surface area contributed by atoms with Crippen LogP contribution >= 0.6 is 0 Å². The van der Waals surface area contributed by atoms with Gasteiger partial charge >= 0.3 is 0 Å². The fourth-order valence-corrected chi connectivity index (χ4v) is 3.02. The van der Waals surface area contributed by atoms with Crippen LogP contribution in [0.5, 0.6) is 0 Å². The Hall–Kier alpha value is -1.37. The highest BCUT2D eigenvalue weighted by Crippen LogP contribution is 2.32. The number of aromatic nitrogens is 1. The number of hydrogen-bond donors (Lipinski definition) is 0. The summed E-state index contributed by atoms with van der Waals surface area (Å²) in [6, 6.07) is 6.89. The molecule has 1 heterocycles. The van der Waals surface area contributed by atoms with Gasteiger partial charge in [0.25, 0.3) is 0 Å². The van der Waals surface area contributed by atoms with Crippen molar-refractivity contribution in [1.82, 2.24) is 4.98 Å². The Morgan fingerprint density at radius 2 is 2.00 bits per heavy atom. The predicted molar refractivity (Wildman–Crippen MR) is 72.5 cm³/mol. The molecule has 0 saturated heterocycles. The summed E-state index contributed by atoms with van der Waals surface area (Å²) in [4.78, 5) is 4.82. The molecule has 1 aliphatic carbocycles. The molecular weight excluding hydrogens is 206 g/mol. The molecule has 0 bridgehead atoms. The van der Waals surface area contributed by atoms with E-state index < -0.39 is 0 Å². The molecule has 1 aromatic heterocycles. The smallest absolute Gasteiger partial charge is 0.0485 e. The fraction of sp³-hybridized carbons (Fsp3) is 0.438. The van der Waals surface area contributed by atoms with Crippen molar-refractivity contribution in [3.05, 3.63) is 40.7 Å². The van der Waals surface area contributed by atoms with E-state index in [1.165, 1.54) is 41.4 Å². The van der Waals surface area contributed by atoms with Gasteiger partial charge in [-0.15, -0.1) is 0 Å². The highest BCUT2D eigenvalue weighted by molar-refractivity contribution is 5.89. The largest absolute Gasteiger partial charge is 0.257 e. The van der Waals surface area contributed by atoms with Crippen LogP contribution < -0.4 is 0 Å². The first-order valence-electron chi connectivity index (χ1n) is 6.76. The van der Waals surface area contributed by atoms with Crippen LogP contribution in [0.15, 0.2) is 18.2 Å². The van der Waals surface area contributed by atoms with Crippen LogP contribution in [0, 0.1) is 0 Å². The lowest BCUT2D eigenvalue weighted by atomic mass is 9.98. The van der Waals surface area contributed by atoms with Gasteiger partial charge in [-0.2, -0.15) is 0 Å². The Labute approximate surface area is 103 Å². The molecule has 1 aromatic carbocycles. The third-order valence-electron chi connectivity index (χ3n) is 3.90. The number of nitrogens with zero attached hydrogens (tertiary/aromatic N) is 1. The number of benzene rings is 1. The Bertz CT molecular complexity index is 569. The highest BCUT2D eigenvalue weighted by atomic mass is 14.7. The zero-order chi connectivity index (χ0) is 11.8. The minimum Gasteiger partial charge on any atom is -0.257 e. The maximum absolute atomic E-state index is 4.82. The predicted octanol–water partition coefficient (Wildman–Crippen LogP) is 3.85. The summed E-state index contributed by atoms with van der Waals surface area (Å²) in [5.41, 5.74) is 5.66. The summed E-state index contributed by atoms with van der Waals surface area (Å²) < 4.78 is 0.